The van der Waals surface area contributed by atoms with Crippen molar-refractivity contribution in [1.29, 1.82) is 0 Å². The first-order chi connectivity index (χ1) is 13.2. The Hall–Kier alpha value is -3.49. The Kier molecular flexibility index (Phi) is 6.29. The average Bonchev–Trinajstić information content (AvgIpc) is 2.95. The number of hydrogen-bond donors (Lipinski definition) is 1. The number of esters is 2. The zero-order valence-corrected chi connectivity index (χ0v) is 15.9. The van der Waals surface area contributed by atoms with Crippen molar-refractivity contribution in [3.8, 4) is 0 Å². The largest absolute Gasteiger partial charge is 0.462 e. The molecule has 0 fully saturated rings. The van der Waals surface area contributed by atoms with E-state index in [1.165, 1.54) is 31.2 Å². The van der Waals surface area contributed by atoms with E-state index in [4.69, 9.17) is 9.47 Å². The van der Waals surface area contributed by atoms with Gasteiger partial charge < -0.3 is 14.5 Å². The van der Waals surface area contributed by atoms with Crippen LogP contribution >= 0.6 is 0 Å². The summed E-state index contributed by atoms with van der Waals surface area (Å²) in [6.07, 6.45) is -1.13. The lowest BCUT2D eigenvalue weighted by Crippen LogP contribution is -2.25. The van der Waals surface area contributed by atoms with Crippen LogP contribution < -0.4 is 0 Å². The highest BCUT2D eigenvalue weighted by Crippen LogP contribution is 2.21. The molecule has 0 saturated heterocycles. The second-order valence-electron chi connectivity index (χ2n) is 6.06. The minimum absolute atomic E-state index is 0.0804. The Morgan fingerprint density at radius 3 is 2.29 bits per heavy atom. The first kappa shape index (κ1) is 20.8. The molecule has 0 spiro atoms. The van der Waals surface area contributed by atoms with E-state index in [2.05, 4.69) is 4.98 Å². The molecular formula is C19H20N2O7. The van der Waals surface area contributed by atoms with Crippen molar-refractivity contribution in [2.45, 2.75) is 33.8 Å². The molecule has 9 nitrogen and oxygen atoms in total. The van der Waals surface area contributed by atoms with Gasteiger partial charge in [0.1, 0.15) is 0 Å². The lowest BCUT2D eigenvalue weighted by molar-refractivity contribution is -0.384. The third-order valence-corrected chi connectivity index (χ3v) is 4.13. The minimum Gasteiger partial charge on any atom is -0.462 e. The number of nitro groups is 1. The number of aryl methyl sites for hydroxylation is 1. The zero-order valence-electron chi connectivity index (χ0n) is 15.9. The van der Waals surface area contributed by atoms with Crippen molar-refractivity contribution in [2.75, 3.05) is 6.61 Å². The molecule has 0 aliphatic carbocycles. The fourth-order valence-corrected chi connectivity index (χ4v) is 2.71. The summed E-state index contributed by atoms with van der Waals surface area (Å²) in [4.78, 5) is 49.8. The predicted molar refractivity (Wildman–Crippen MR) is 98.5 cm³/mol. The van der Waals surface area contributed by atoms with Crippen molar-refractivity contribution >= 4 is 23.4 Å². The molecule has 1 aromatic heterocycles. The van der Waals surface area contributed by atoms with E-state index in [1.807, 2.05) is 0 Å². The Morgan fingerprint density at radius 1 is 1.14 bits per heavy atom. The highest BCUT2D eigenvalue weighted by Gasteiger charge is 2.27. The molecule has 9 heteroatoms. The quantitative estimate of drug-likeness (QED) is 0.334. The number of Topliss-reactive ketones (excluding diaryl/α,β-unsaturated/α-hetero) is 1. The molecule has 0 unspecified atom stereocenters. The van der Waals surface area contributed by atoms with Gasteiger partial charge in [0.25, 0.3) is 5.69 Å². The van der Waals surface area contributed by atoms with Gasteiger partial charge in [0.15, 0.2) is 6.10 Å². The van der Waals surface area contributed by atoms with E-state index in [0.717, 1.165) is 0 Å². The molecule has 0 bridgehead atoms. The number of aromatic nitrogens is 1. The van der Waals surface area contributed by atoms with E-state index in [9.17, 15) is 24.5 Å². The van der Waals surface area contributed by atoms with Gasteiger partial charge in [-0.05, 0) is 45.4 Å². The maximum Gasteiger partial charge on any atom is 0.340 e. The summed E-state index contributed by atoms with van der Waals surface area (Å²) in [5, 5.41) is 10.7. The lowest BCUT2D eigenvalue weighted by atomic mass is 10.1. The molecular weight excluding hydrogens is 368 g/mol. The number of ketones is 1. The van der Waals surface area contributed by atoms with Gasteiger partial charge in [0.2, 0.25) is 5.78 Å². The molecule has 0 aliphatic heterocycles. The summed E-state index contributed by atoms with van der Waals surface area (Å²) in [6, 6.07) is 4.85. The number of benzene rings is 1. The Balaban J connectivity index is 2.16. The van der Waals surface area contributed by atoms with Crippen LogP contribution in [-0.2, 0) is 9.47 Å². The highest BCUT2D eigenvalue weighted by atomic mass is 16.6. The van der Waals surface area contributed by atoms with Gasteiger partial charge in [-0.1, -0.05) is 0 Å². The standard InChI is InChI=1S/C19H20N2O7/c1-5-27-19(24)15-10(2)16(20-11(15)3)17(22)12(4)28-18(23)13-6-8-14(9-7-13)21(25)26/h6-9,12,20H,5H2,1-4H3/t12-/m0/s1. The van der Waals surface area contributed by atoms with Crippen LogP contribution in [-0.4, -0.2) is 40.3 Å². The Bertz CT molecular complexity index is 929. The molecule has 1 atom stereocenters. The topological polar surface area (TPSA) is 129 Å². The summed E-state index contributed by atoms with van der Waals surface area (Å²) in [6.45, 7) is 6.54. The molecule has 2 aromatic rings. The van der Waals surface area contributed by atoms with Crippen molar-refractivity contribution in [3.05, 3.63) is 62.5 Å². The summed E-state index contributed by atoms with van der Waals surface area (Å²) in [5.74, 6) is -1.84. The van der Waals surface area contributed by atoms with E-state index in [0.29, 0.717) is 11.3 Å². The Morgan fingerprint density at radius 2 is 1.75 bits per heavy atom. The van der Waals surface area contributed by atoms with E-state index in [1.54, 1.807) is 20.8 Å². The SMILES string of the molecule is CCOC(=O)c1c(C)[nH]c(C(=O)[C@H](C)OC(=O)c2ccc([N+](=O)[O-])cc2)c1C. The number of aromatic amines is 1. The fourth-order valence-electron chi connectivity index (χ4n) is 2.71. The summed E-state index contributed by atoms with van der Waals surface area (Å²) in [7, 11) is 0. The zero-order chi connectivity index (χ0) is 21.0. The van der Waals surface area contributed by atoms with Gasteiger partial charge in [-0.25, -0.2) is 9.59 Å². The van der Waals surface area contributed by atoms with Crippen LogP contribution in [0.1, 0.15) is 56.3 Å². The number of nitro benzene ring substituents is 1. The van der Waals surface area contributed by atoms with Gasteiger partial charge >= 0.3 is 11.9 Å². The van der Waals surface area contributed by atoms with Gasteiger partial charge in [0, 0.05) is 17.8 Å². The number of nitrogens with one attached hydrogen (secondary N) is 1. The molecule has 0 saturated carbocycles. The van der Waals surface area contributed by atoms with Crippen LogP contribution in [0.5, 0.6) is 0 Å². The number of H-pyrrole nitrogens is 1. The first-order valence-corrected chi connectivity index (χ1v) is 8.53. The summed E-state index contributed by atoms with van der Waals surface area (Å²) < 4.78 is 10.2. The molecule has 28 heavy (non-hydrogen) atoms. The fraction of sp³-hybridized carbons (Fsp3) is 0.316. The average molecular weight is 388 g/mol. The predicted octanol–water partition coefficient (Wildman–Crippen LogP) is 3.14. The number of rotatable bonds is 7. The molecule has 2 rings (SSSR count). The molecule has 1 heterocycles. The van der Waals surface area contributed by atoms with Crippen LogP contribution in [0.15, 0.2) is 24.3 Å². The number of nitrogens with zero attached hydrogens (tertiary/aromatic N) is 1. The second-order valence-corrected chi connectivity index (χ2v) is 6.06. The van der Waals surface area contributed by atoms with Crippen LogP contribution in [0.3, 0.4) is 0 Å². The van der Waals surface area contributed by atoms with Crippen molar-refractivity contribution < 1.29 is 28.8 Å². The number of carbonyl (C=O) groups is 3. The molecule has 1 N–H and O–H groups in total. The maximum atomic E-state index is 12.7. The van der Waals surface area contributed by atoms with Crippen LogP contribution in [0, 0.1) is 24.0 Å². The maximum absolute atomic E-state index is 12.7. The van der Waals surface area contributed by atoms with Crippen molar-refractivity contribution in [2.24, 2.45) is 0 Å². The monoisotopic (exact) mass is 388 g/mol. The van der Waals surface area contributed by atoms with Crippen LogP contribution in [0.2, 0.25) is 0 Å². The van der Waals surface area contributed by atoms with E-state index in [-0.39, 0.29) is 29.1 Å². The molecule has 0 aliphatic rings. The third kappa shape index (κ3) is 4.25. The number of carbonyl (C=O) groups excluding carboxylic acids is 3. The molecule has 148 valence electrons. The first-order valence-electron chi connectivity index (χ1n) is 8.53. The van der Waals surface area contributed by atoms with Crippen LogP contribution in [0.25, 0.3) is 0 Å². The normalized spacial score (nSPS) is 11.6. The number of ether oxygens (including phenoxy) is 2. The van der Waals surface area contributed by atoms with E-state index >= 15 is 0 Å². The second kappa shape index (κ2) is 8.47. The van der Waals surface area contributed by atoms with Gasteiger partial charge in [-0.2, -0.15) is 0 Å². The molecule has 0 amide bonds. The smallest absolute Gasteiger partial charge is 0.340 e. The van der Waals surface area contributed by atoms with E-state index < -0.39 is 28.7 Å². The third-order valence-electron chi connectivity index (χ3n) is 4.13. The molecule has 1 aromatic carbocycles. The summed E-state index contributed by atoms with van der Waals surface area (Å²) in [5.41, 5.74) is 1.25. The minimum atomic E-state index is -1.13. The number of hydrogen-bond acceptors (Lipinski definition) is 7. The van der Waals surface area contributed by atoms with Crippen LogP contribution in [0.4, 0.5) is 5.69 Å². The Labute approximate surface area is 160 Å². The number of non-ortho nitro benzene ring substituents is 1. The summed E-state index contributed by atoms with van der Waals surface area (Å²) >= 11 is 0. The van der Waals surface area contributed by atoms with Gasteiger partial charge in [-0.3, -0.25) is 14.9 Å². The molecule has 0 radical (unpaired) electrons. The van der Waals surface area contributed by atoms with Crippen molar-refractivity contribution in [1.82, 2.24) is 4.98 Å². The van der Waals surface area contributed by atoms with Gasteiger partial charge in [-0.15, -0.1) is 0 Å². The lowest BCUT2D eigenvalue weighted by Gasteiger charge is -2.12. The highest BCUT2D eigenvalue weighted by molar-refractivity contribution is 6.04. The van der Waals surface area contributed by atoms with Crippen molar-refractivity contribution in [3.63, 3.8) is 0 Å². The van der Waals surface area contributed by atoms with Gasteiger partial charge in [0.05, 0.1) is 28.4 Å².